The van der Waals surface area contributed by atoms with Gasteiger partial charge in [0, 0.05) is 45.0 Å². The SMILES string of the molecule is CN(C)CCN(C)S(=O)(=O)c1ccc(C(C)(C)[N+](=O)[O-])c([N+](=O)[O-])c1. The number of rotatable bonds is 8. The summed E-state index contributed by atoms with van der Waals surface area (Å²) in [6.07, 6.45) is 0. The summed E-state index contributed by atoms with van der Waals surface area (Å²) in [6.45, 7) is 3.13. The minimum Gasteiger partial charge on any atom is -0.308 e. The molecule has 10 nitrogen and oxygen atoms in total. The van der Waals surface area contributed by atoms with Gasteiger partial charge < -0.3 is 4.90 Å². The third kappa shape index (κ3) is 4.50. The minimum absolute atomic E-state index is 0.155. The molecular formula is C14H22N4O6S. The first kappa shape index (κ1) is 20.9. The maximum Gasteiger partial charge on any atom is 0.281 e. The molecule has 0 heterocycles. The molecule has 0 radical (unpaired) electrons. The fourth-order valence-electron chi connectivity index (χ4n) is 2.08. The molecule has 0 atom stereocenters. The lowest BCUT2D eigenvalue weighted by atomic mass is 9.93. The van der Waals surface area contributed by atoms with E-state index in [1.54, 1.807) is 19.0 Å². The second kappa shape index (κ2) is 7.42. The summed E-state index contributed by atoms with van der Waals surface area (Å²) in [5.74, 6) is 0. The lowest BCUT2D eigenvalue weighted by Crippen LogP contribution is -2.34. The molecule has 0 aliphatic carbocycles. The van der Waals surface area contributed by atoms with Crippen LogP contribution in [0.5, 0.6) is 0 Å². The number of hydrogen-bond acceptors (Lipinski definition) is 7. The zero-order valence-electron chi connectivity index (χ0n) is 14.8. The summed E-state index contributed by atoms with van der Waals surface area (Å²) in [5.41, 5.74) is -2.47. The lowest BCUT2D eigenvalue weighted by molar-refractivity contribution is -0.570. The largest absolute Gasteiger partial charge is 0.308 e. The van der Waals surface area contributed by atoms with Crippen LogP contribution in [0.25, 0.3) is 0 Å². The molecule has 0 fully saturated rings. The van der Waals surface area contributed by atoms with Crippen molar-refractivity contribution in [1.82, 2.24) is 9.21 Å². The van der Waals surface area contributed by atoms with Crippen molar-refractivity contribution >= 4 is 15.7 Å². The van der Waals surface area contributed by atoms with Gasteiger partial charge in [-0.15, -0.1) is 0 Å². The zero-order valence-corrected chi connectivity index (χ0v) is 15.6. The van der Waals surface area contributed by atoms with Gasteiger partial charge in [0.2, 0.25) is 15.6 Å². The third-order valence-electron chi connectivity index (χ3n) is 3.85. The van der Waals surface area contributed by atoms with Crippen LogP contribution >= 0.6 is 0 Å². The highest BCUT2D eigenvalue weighted by Crippen LogP contribution is 2.34. The van der Waals surface area contributed by atoms with Crippen LogP contribution in [0.15, 0.2) is 23.1 Å². The average Bonchev–Trinajstić information content (AvgIpc) is 2.51. The Morgan fingerprint density at radius 3 is 2.08 bits per heavy atom. The first-order valence-electron chi connectivity index (χ1n) is 7.36. The topological polar surface area (TPSA) is 127 Å². The fourth-order valence-corrected chi connectivity index (χ4v) is 3.26. The number of nitrogens with zero attached hydrogens (tertiary/aromatic N) is 4. The zero-order chi connectivity index (χ0) is 19.6. The van der Waals surface area contributed by atoms with Gasteiger partial charge in [-0.3, -0.25) is 20.2 Å². The molecule has 25 heavy (non-hydrogen) atoms. The van der Waals surface area contributed by atoms with Gasteiger partial charge in [0.15, 0.2) is 0 Å². The third-order valence-corrected chi connectivity index (χ3v) is 5.70. The van der Waals surface area contributed by atoms with E-state index >= 15 is 0 Å². The quantitative estimate of drug-likeness (QED) is 0.495. The standard InChI is InChI=1S/C14H22N4O6S/c1-14(2,18(21)22)12-7-6-11(10-13(12)17(19)20)25(23,24)16(5)9-8-15(3)4/h6-7,10H,8-9H2,1-5H3. The van der Waals surface area contributed by atoms with E-state index in [-0.39, 0.29) is 17.0 Å². The monoisotopic (exact) mass is 374 g/mol. The highest BCUT2D eigenvalue weighted by molar-refractivity contribution is 7.89. The number of benzene rings is 1. The maximum absolute atomic E-state index is 12.6. The summed E-state index contributed by atoms with van der Waals surface area (Å²) in [7, 11) is 1.02. The normalized spacial score (nSPS) is 12.6. The summed E-state index contributed by atoms with van der Waals surface area (Å²) < 4.78 is 26.2. The molecule has 0 amide bonds. The Hall–Kier alpha value is -2.11. The molecule has 0 saturated carbocycles. The van der Waals surface area contributed by atoms with Crippen LogP contribution in [0.2, 0.25) is 0 Å². The first-order chi connectivity index (χ1) is 11.3. The van der Waals surface area contributed by atoms with E-state index < -0.39 is 31.1 Å². The molecule has 1 aromatic carbocycles. The molecular weight excluding hydrogens is 352 g/mol. The van der Waals surface area contributed by atoms with Crippen LogP contribution in [0.3, 0.4) is 0 Å². The van der Waals surface area contributed by atoms with E-state index in [4.69, 9.17) is 0 Å². The Kier molecular flexibility index (Phi) is 6.21. The van der Waals surface area contributed by atoms with Gasteiger partial charge in [-0.25, -0.2) is 8.42 Å². The molecule has 0 bridgehead atoms. The summed E-state index contributed by atoms with van der Waals surface area (Å²) in [5, 5.41) is 22.5. The van der Waals surface area contributed by atoms with Crippen LogP contribution in [-0.4, -0.2) is 61.7 Å². The fraction of sp³-hybridized carbons (Fsp3) is 0.571. The molecule has 1 aromatic rings. The Morgan fingerprint density at radius 1 is 1.08 bits per heavy atom. The molecule has 0 aliphatic heterocycles. The first-order valence-corrected chi connectivity index (χ1v) is 8.80. The average molecular weight is 374 g/mol. The van der Waals surface area contributed by atoms with Crippen molar-refractivity contribution in [1.29, 1.82) is 0 Å². The van der Waals surface area contributed by atoms with Gasteiger partial charge in [0.1, 0.15) is 5.56 Å². The Balaban J connectivity index is 3.39. The summed E-state index contributed by atoms with van der Waals surface area (Å²) in [6, 6.07) is 3.17. The van der Waals surface area contributed by atoms with Crippen molar-refractivity contribution in [2.24, 2.45) is 0 Å². The van der Waals surface area contributed by atoms with Crippen LogP contribution in [0.1, 0.15) is 19.4 Å². The molecule has 0 aromatic heterocycles. The van der Waals surface area contributed by atoms with Crippen LogP contribution in [0.4, 0.5) is 5.69 Å². The Bertz CT molecular complexity index is 776. The van der Waals surface area contributed by atoms with Crippen molar-refractivity contribution in [3.63, 3.8) is 0 Å². The van der Waals surface area contributed by atoms with Crippen molar-refractivity contribution in [2.75, 3.05) is 34.2 Å². The summed E-state index contributed by atoms with van der Waals surface area (Å²) in [4.78, 5) is 22.6. The minimum atomic E-state index is -3.94. The second-order valence-corrected chi connectivity index (χ2v) is 8.43. The Labute approximate surface area is 146 Å². The predicted octanol–water partition coefficient (Wildman–Crippen LogP) is 1.29. The van der Waals surface area contributed by atoms with Crippen LogP contribution < -0.4 is 0 Å². The van der Waals surface area contributed by atoms with Crippen molar-refractivity contribution in [3.8, 4) is 0 Å². The van der Waals surface area contributed by atoms with Crippen LogP contribution in [-0.2, 0) is 15.6 Å². The predicted molar refractivity (Wildman–Crippen MR) is 91.5 cm³/mol. The molecule has 1 rings (SSSR count). The van der Waals surface area contributed by atoms with Gasteiger partial charge in [0.05, 0.1) is 9.82 Å². The van der Waals surface area contributed by atoms with Crippen LogP contribution in [0, 0.1) is 20.2 Å². The molecule has 0 saturated heterocycles. The number of nitro groups is 2. The van der Waals surface area contributed by atoms with Crippen molar-refractivity contribution < 1.29 is 18.3 Å². The number of likely N-dealkylation sites (N-methyl/N-ethyl adjacent to an activating group) is 2. The molecule has 0 unspecified atom stereocenters. The summed E-state index contributed by atoms with van der Waals surface area (Å²) >= 11 is 0. The Morgan fingerprint density at radius 2 is 1.64 bits per heavy atom. The van der Waals surface area contributed by atoms with Gasteiger partial charge >= 0.3 is 0 Å². The maximum atomic E-state index is 12.6. The van der Waals surface area contributed by atoms with Gasteiger partial charge in [0.25, 0.3) is 5.69 Å². The van der Waals surface area contributed by atoms with E-state index in [1.807, 2.05) is 0 Å². The van der Waals surface area contributed by atoms with E-state index in [2.05, 4.69) is 0 Å². The molecule has 0 spiro atoms. The number of hydrogen-bond donors (Lipinski definition) is 0. The van der Waals surface area contributed by atoms with Gasteiger partial charge in [-0.05, 0) is 26.2 Å². The van der Waals surface area contributed by atoms with E-state index in [9.17, 15) is 28.6 Å². The van der Waals surface area contributed by atoms with E-state index in [0.29, 0.717) is 6.54 Å². The van der Waals surface area contributed by atoms with Crippen molar-refractivity contribution in [2.45, 2.75) is 24.3 Å². The highest BCUT2D eigenvalue weighted by atomic mass is 32.2. The molecule has 140 valence electrons. The second-order valence-electron chi connectivity index (χ2n) is 6.38. The van der Waals surface area contributed by atoms with Crippen molar-refractivity contribution in [3.05, 3.63) is 44.0 Å². The van der Waals surface area contributed by atoms with E-state index in [0.717, 1.165) is 22.5 Å². The molecule has 11 heteroatoms. The number of sulfonamides is 1. The lowest BCUT2D eigenvalue weighted by Gasteiger charge is -2.20. The molecule has 0 N–H and O–H groups in total. The highest BCUT2D eigenvalue weighted by Gasteiger charge is 2.40. The smallest absolute Gasteiger partial charge is 0.281 e. The van der Waals surface area contributed by atoms with Gasteiger partial charge in [-0.1, -0.05) is 0 Å². The number of nitro benzene ring substituents is 1. The molecule has 0 aliphatic rings. The van der Waals surface area contributed by atoms with E-state index in [1.165, 1.54) is 20.9 Å². The van der Waals surface area contributed by atoms with Gasteiger partial charge in [-0.2, -0.15) is 4.31 Å².